The van der Waals surface area contributed by atoms with E-state index < -0.39 is 0 Å². The summed E-state index contributed by atoms with van der Waals surface area (Å²) < 4.78 is 5.21. The number of aromatic nitrogens is 1. The summed E-state index contributed by atoms with van der Waals surface area (Å²) in [5, 5.41) is 2.78. The monoisotopic (exact) mass is 257 g/mol. The van der Waals surface area contributed by atoms with Crippen molar-refractivity contribution in [1.82, 2.24) is 4.98 Å². The number of pyridine rings is 1. The molecule has 1 aromatic carbocycles. The lowest BCUT2D eigenvalue weighted by Crippen LogP contribution is -2.15. The van der Waals surface area contributed by atoms with Crippen molar-refractivity contribution in [2.75, 3.05) is 18.2 Å². The van der Waals surface area contributed by atoms with Crippen LogP contribution in [0.25, 0.3) is 0 Å². The average Bonchev–Trinajstić information content (AvgIpc) is 2.39. The molecular formula is C14H15N3O2. The van der Waals surface area contributed by atoms with E-state index in [4.69, 9.17) is 10.5 Å². The Morgan fingerprint density at radius 3 is 2.84 bits per heavy atom. The number of nitrogens with one attached hydrogen (secondary N) is 1. The maximum Gasteiger partial charge on any atom is 0.259 e. The number of nitrogens with two attached hydrogens (primary N) is 1. The summed E-state index contributed by atoms with van der Waals surface area (Å²) in [5.41, 5.74) is 7.64. The predicted molar refractivity (Wildman–Crippen MR) is 74.3 cm³/mol. The van der Waals surface area contributed by atoms with Crippen LogP contribution >= 0.6 is 0 Å². The maximum atomic E-state index is 12.1. The number of methoxy groups -OCH3 is 1. The molecule has 0 aliphatic carbocycles. The molecule has 1 amide bonds. The van der Waals surface area contributed by atoms with Crippen molar-refractivity contribution < 1.29 is 9.53 Å². The molecule has 0 saturated carbocycles. The number of ether oxygens (including phenoxy) is 1. The van der Waals surface area contributed by atoms with Crippen molar-refractivity contribution >= 4 is 17.4 Å². The molecule has 0 aliphatic rings. The van der Waals surface area contributed by atoms with Gasteiger partial charge in [-0.1, -0.05) is 6.07 Å². The van der Waals surface area contributed by atoms with Crippen molar-refractivity contribution in [3.8, 4) is 5.75 Å². The van der Waals surface area contributed by atoms with Gasteiger partial charge in [0.25, 0.3) is 5.91 Å². The second-order valence-electron chi connectivity index (χ2n) is 4.09. The highest BCUT2D eigenvalue weighted by molar-refractivity contribution is 6.07. The molecule has 0 spiro atoms. The number of hydrogen-bond donors (Lipinski definition) is 2. The van der Waals surface area contributed by atoms with Gasteiger partial charge in [-0.05, 0) is 36.8 Å². The van der Waals surface area contributed by atoms with E-state index in [0.717, 1.165) is 5.56 Å². The van der Waals surface area contributed by atoms with Gasteiger partial charge < -0.3 is 15.8 Å². The summed E-state index contributed by atoms with van der Waals surface area (Å²) in [6, 6.07) is 8.84. The molecule has 1 heterocycles. The third-order valence-electron chi connectivity index (χ3n) is 2.69. The van der Waals surface area contributed by atoms with Gasteiger partial charge in [-0.2, -0.15) is 0 Å². The largest absolute Gasteiger partial charge is 0.495 e. The van der Waals surface area contributed by atoms with Gasteiger partial charge in [-0.25, -0.2) is 4.98 Å². The molecular weight excluding hydrogens is 242 g/mol. The van der Waals surface area contributed by atoms with Crippen LogP contribution in [0.2, 0.25) is 0 Å². The van der Waals surface area contributed by atoms with Crippen molar-refractivity contribution in [3.05, 3.63) is 47.7 Å². The minimum atomic E-state index is -0.311. The molecule has 1 aromatic heterocycles. The Balaban J connectivity index is 2.29. The molecule has 98 valence electrons. The van der Waals surface area contributed by atoms with E-state index in [1.165, 1.54) is 0 Å². The van der Waals surface area contributed by atoms with Crippen LogP contribution in [0.4, 0.5) is 11.5 Å². The van der Waals surface area contributed by atoms with Crippen LogP contribution in [0.1, 0.15) is 15.9 Å². The number of amides is 1. The third-order valence-corrected chi connectivity index (χ3v) is 2.69. The summed E-state index contributed by atoms with van der Waals surface area (Å²) in [7, 11) is 1.55. The van der Waals surface area contributed by atoms with Crippen LogP contribution in [-0.4, -0.2) is 18.0 Å². The fourth-order valence-electron chi connectivity index (χ4n) is 1.72. The lowest BCUT2D eigenvalue weighted by molar-refractivity contribution is 0.102. The van der Waals surface area contributed by atoms with Gasteiger partial charge in [0.1, 0.15) is 11.6 Å². The highest BCUT2D eigenvalue weighted by atomic mass is 16.5. The van der Waals surface area contributed by atoms with E-state index in [1.807, 2.05) is 19.1 Å². The van der Waals surface area contributed by atoms with Gasteiger partial charge >= 0.3 is 0 Å². The molecule has 2 aromatic rings. The summed E-state index contributed by atoms with van der Waals surface area (Å²) in [5.74, 6) is 0.488. The molecule has 5 heteroatoms. The minimum absolute atomic E-state index is 0.201. The number of nitrogen functional groups attached to an aromatic ring is 1. The van der Waals surface area contributed by atoms with Crippen molar-refractivity contribution in [1.29, 1.82) is 0 Å². The number of nitrogens with zero attached hydrogens (tertiary/aromatic N) is 1. The number of rotatable bonds is 3. The first-order chi connectivity index (χ1) is 9.11. The molecule has 2 rings (SSSR count). The van der Waals surface area contributed by atoms with Gasteiger partial charge in [-0.15, -0.1) is 0 Å². The van der Waals surface area contributed by atoms with E-state index in [2.05, 4.69) is 10.3 Å². The summed E-state index contributed by atoms with van der Waals surface area (Å²) in [6.07, 6.45) is 1.54. The van der Waals surface area contributed by atoms with Crippen LogP contribution < -0.4 is 15.8 Å². The van der Waals surface area contributed by atoms with E-state index in [1.54, 1.807) is 31.5 Å². The average molecular weight is 257 g/mol. The SMILES string of the molecule is COc1ccc(C)cc1NC(=O)c1cccnc1N. The Bertz CT molecular complexity index is 611. The van der Waals surface area contributed by atoms with Gasteiger partial charge in [0.2, 0.25) is 0 Å². The van der Waals surface area contributed by atoms with Crippen LogP contribution in [-0.2, 0) is 0 Å². The highest BCUT2D eigenvalue weighted by Gasteiger charge is 2.12. The quantitative estimate of drug-likeness (QED) is 0.884. The summed E-state index contributed by atoms with van der Waals surface area (Å²) in [4.78, 5) is 16.0. The van der Waals surface area contributed by atoms with Crippen molar-refractivity contribution in [3.63, 3.8) is 0 Å². The number of hydrogen-bond acceptors (Lipinski definition) is 4. The number of anilines is 2. The summed E-state index contributed by atoms with van der Waals surface area (Å²) in [6.45, 7) is 1.94. The van der Waals surface area contributed by atoms with Gasteiger partial charge in [0.15, 0.2) is 0 Å². The Hall–Kier alpha value is -2.56. The van der Waals surface area contributed by atoms with E-state index >= 15 is 0 Å². The Kier molecular flexibility index (Phi) is 3.66. The van der Waals surface area contributed by atoms with E-state index in [9.17, 15) is 4.79 Å². The van der Waals surface area contributed by atoms with E-state index in [0.29, 0.717) is 17.0 Å². The molecule has 0 saturated heterocycles. The molecule has 0 atom stereocenters. The van der Waals surface area contributed by atoms with E-state index in [-0.39, 0.29) is 11.7 Å². The molecule has 0 aliphatic heterocycles. The molecule has 0 unspecified atom stereocenters. The lowest BCUT2D eigenvalue weighted by atomic mass is 10.2. The molecule has 0 bridgehead atoms. The van der Waals surface area contributed by atoms with Crippen LogP contribution in [0, 0.1) is 6.92 Å². The number of benzene rings is 1. The zero-order chi connectivity index (χ0) is 13.8. The first-order valence-corrected chi connectivity index (χ1v) is 5.78. The van der Waals surface area contributed by atoms with Gasteiger partial charge in [0, 0.05) is 6.20 Å². The zero-order valence-electron chi connectivity index (χ0n) is 10.8. The number of carbonyl (C=O) groups is 1. The summed E-state index contributed by atoms with van der Waals surface area (Å²) >= 11 is 0. The molecule has 5 nitrogen and oxygen atoms in total. The molecule has 19 heavy (non-hydrogen) atoms. The lowest BCUT2D eigenvalue weighted by Gasteiger charge is -2.11. The fraction of sp³-hybridized carbons (Fsp3) is 0.143. The van der Waals surface area contributed by atoms with Crippen molar-refractivity contribution in [2.45, 2.75) is 6.92 Å². The first-order valence-electron chi connectivity index (χ1n) is 5.78. The number of aryl methyl sites for hydroxylation is 1. The third kappa shape index (κ3) is 2.82. The highest BCUT2D eigenvalue weighted by Crippen LogP contribution is 2.26. The Labute approximate surface area is 111 Å². The van der Waals surface area contributed by atoms with Crippen molar-refractivity contribution in [2.24, 2.45) is 0 Å². The molecule has 3 N–H and O–H groups in total. The topological polar surface area (TPSA) is 77.2 Å². The molecule has 0 fully saturated rings. The number of carbonyl (C=O) groups excluding carboxylic acids is 1. The van der Waals surface area contributed by atoms with Crippen LogP contribution in [0.5, 0.6) is 5.75 Å². The Morgan fingerprint density at radius 2 is 2.16 bits per heavy atom. The Morgan fingerprint density at radius 1 is 1.37 bits per heavy atom. The minimum Gasteiger partial charge on any atom is -0.495 e. The second kappa shape index (κ2) is 5.39. The maximum absolute atomic E-state index is 12.1. The fourth-order valence-corrected chi connectivity index (χ4v) is 1.72. The van der Waals surface area contributed by atoms with Crippen LogP contribution in [0.3, 0.4) is 0 Å². The van der Waals surface area contributed by atoms with Gasteiger partial charge in [0.05, 0.1) is 18.4 Å². The second-order valence-corrected chi connectivity index (χ2v) is 4.09. The normalized spacial score (nSPS) is 10.0. The van der Waals surface area contributed by atoms with Crippen LogP contribution in [0.15, 0.2) is 36.5 Å². The predicted octanol–water partition coefficient (Wildman–Crippen LogP) is 2.23. The van der Waals surface area contributed by atoms with Gasteiger partial charge in [-0.3, -0.25) is 4.79 Å². The zero-order valence-corrected chi connectivity index (χ0v) is 10.8. The smallest absolute Gasteiger partial charge is 0.259 e. The first kappa shape index (κ1) is 12.9. The standard InChI is InChI=1S/C14H15N3O2/c1-9-5-6-12(19-2)11(8-9)17-14(18)10-4-3-7-16-13(10)15/h3-8H,1-2H3,(H2,15,16)(H,17,18). The molecule has 0 radical (unpaired) electrons.